The van der Waals surface area contributed by atoms with Crippen molar-refractivity contribution in [1.29, 1.82) is 0 Å². The number of hydrogen-bond donors (Lipinski definition) is 0. The van der Waals surface area contributed by atoms with Gasteiger partial charge in [0.25, 0.3) is 0 Å². The molecule has 0 unspecified atom stereocenters. The minimum atomic E-state index is -0.365. The Hall–Kier alpha value is -1.90. The number of aromatic nitrogens is 1. The molecule has 2 nitrogen and oxygen atoms in total. The number of nitrogens with zero attached hydrogens (tertiary/aromatic N) is 1. The van der Waals surface area contributed by atoms with Crippen LogP contribution >= 0.6 is 0 Å². The van der Waals surface area contributed by atoms with Crippen molar-refractivity contribution in [2.24, 2.45) is 5.92 Å². The van der Waals surface area contributed by atoms with Crippen molar-refractivity contribution in [3.63, 3.8) is 0 Å². The van der Waals surface area contributed by atoms with Crippen LogP contribution in [0.15, 0.2) is 42.6 Å². The van der Waals surface area contributed by atoms with E-state index in [1.165, 1.54) is 17.7 Å². The Kier molecular flexibility index (Phi) is 3.92. The number of hydrogen-bond acceptors (Lipinski definition) is 2. The zero-order valence-corrected chi connectivity index (χ0v) is 10.6. The first-order chi connectivity index (χ1) is 8.63. The van der Waals surface area contributed by atoms with Crippen molar-refractivity contribution in [2.75, 3.05) is 0 Å². The SMILES string of the molecule is CC(C)Cc1cccc(Oc2ccc(F)cn2)c1. The summed E-state index contributed by atoms with van der Waals surface area (Å²) in [6.45, 7) is 4.35. The lowest BCUT2D eigenvalue weighted by Crippen LogP contribution is -1.94. The smallest absolute Gasteiger partial charge is 0.219 e. The average Bonchev–Trinajstić information content (AvgIpc) is 2.32. The third-order valence-corrected chi connectivity index (χ3v) is 2.47. The molecular formula is C15H16FNO. The van der Waals surface area contributed by atoms with Gasteiger partial charge in [0.15, 0.2) is 0 Å². The van der Waals surface area contributed by atoms with Crippen LogP contribution in [0.2, 0.25) is 0 Å². The van der Waals surface area contributed by atoms with Gasteiger partial charge in [0, 0.05) is 6.07 Å². The van der Waals surface area contributed by atoms with E-state index in [1.807, 2.05) is 18.2 Å². The normalized spacial score (nSPS) is 10.7. The lowest BCUT2D eigenvalue weighted by Gasteiger charge is -2.08. The molecule has 0 spiro atoms. The van der Waals surface area contributed by atoms with Crippen molar-refractivity contribution in [3.05, 3.63) is 54.0 Å². The van der Waals surface area contributed by atoms with Crippen molar-refractivity contribution >= 4 is 0 Å². The highest BCUT2D eigenvalue weighted by molar-refractivity contribution is 5.31. The zero-order chi connectivity index (χ0) is 13.0. The summed E-state index contributed by atoms with van der Waals surface area (Å²) in [6.07, 6.45) is 2.15. The van der Waals surface area contributed by atoms with Gasteiger partial charge in [-0.1, -0.05) is 26.0 Å². The minimum Gasteiger partial charge on any atom is -0.439 e. The molecule has 0 aliphatic carbocycles. The summed E-state index contributed by atoms with van der Waals surface area (Å²) >= 11 is 0. The summed E-state index contributed by atoms with van der Waals surface area (Å²) in [5, 5.41) is 0. The van der Waals surface area contributed by atoms with Crippen LogP contribution in [0.4, 0.5) is 4.39 Å². The number of pyridine rings is 1. The summed E-state index contributed by atoms with van der Waals surface area (Å²) in [7, 11) is 0. The van der Waals surface area contributed by atoms with Crippen LogP contribution in [-0.2, 0) is 6.42 Å². The highest BCUT2D eigenvalue weighted by Gasteiger charge is 2.02. The zero-order valence-electron chi connectivity index (χ0n) is 10.6. The van der Waals surface area contributed by atoms with E-state index in [-0.39, 0.29) is 5.82 Å². The van der Waals surface area contributed by atoms with E-state index in [4.69, 9.17) is 4.74 Å². The highest BCUT2D eigenvalue weighted by Crippen LogP contribution is 2.21. The third kappa shape index (κ3) is 3.55. The molecule has 0 N–H and O–H groups in total. The van der Waals surface area contributed by atoms with Crippen molar-refractivity contribution in [3.8, 4) is 11.6 Å². The molecule has 0 saturated carbocycles. The number of halogens is 1. The standard InChI is InChI=1S/C15H16FNO/c1-11(2)8-12-4-3-5-14(9-12)18-15-7-6-13(16)10-17-15/h3-7,9-11H,8H2,1-2H3. The van der Waals surface area contributed by atoms with E-state index in [9.17, 15) is 4.39 Å². The molecule has 0 atom stereocenters. The first kappa shape index (κ1) is 12.6. The fraction of sp³-hybridized carbons (Fsp3) is 0.267. The Labute approximate surface area is 106 Å². The number of rotatable bonds is 4. The first-order valence-corrected chi connectivity index (χ1v) is 6.02. The average molecular weight is 245 g/mol. The predicted octanol–water partition coefficient (Wildman–Crippen LogP) is 4.21. The molecule has 2 rings (SSSR count). The summed E-state index contributed by atoms with van der Waals surface area (Å²) < 4.78 is 18.3. The van der Waals surface area contributed by atoms with Crippen LogP contribution in [0.1, 0.15) is 19.4 Å². The Balaban J connectivity index is 2.11. The third-order valence-electron chi connectivity index (χ3n) is 2.47. The van der Waals surface area contributed by atoms with Crippen LogP contribution in [0, 0.1) is 11.7 Å². The molecule has 1 heterocycles. The van der Waals surface area contributed by atoms with Crippen LogP contribution in [0.25, 0.3) is 0 Å². The molecular weight excluding hydrogens is 229 g/mol. The molecule has 1 aromatic heterocycles. The second-order valence-electron chi connectivity index (χ2n) is 4.66. The molecule has 2 aromatic rings. The van der Waals surface area contributed by atoms with Crippen molar-refractivity contribution in [2.45, 2.75) is 20.3 Å². The fourth-order valence-electron chi connectivity index (χ4n) is 1.75. The molecule has 0 radical (unpaired) electrons. The molecule has 0 aliphatic heterocycles. The van der Waals surface area contributed by atoms with Gasteiger partial charge in [-0.3, -0.25) is 0 Å². The Morgan fingerprint density at radius 3 is 2.72 bits per heavy atom. The highest BCUT2D eigenvalue weighted by atomic mass is 19.1. The van der Waals surface area contributed by atoms with E-state index in [0.717, 1.165) is 18.4 Å². The van der Waals surface area contributed by atoms with Crippen molar-refractivity contribution < 1.29 is 9.13 Å². The van der Waals surface area contributed by atoms with Gasteiger partial charge < -0.3 is 4.74 Å². The lowest BCUT2D eigenvalue weighted by molar-refractivity contribution is 0.458. The second-order valence-corrected chi connectivity index (χ2v) is 4.66. The van der Waals surface area contributed by atoms with Gasteiger partial charge in [0.1, 0.15) is 11.6 Å². The van der Waals surface area contributed by atoms with E-state index >= 15 is 0 Å². The maximum Gasteiger partial charge on any atom is 0.219 e. The van der Waals surface area contributed by atoms with Gasteiger partial charge in [-0.2, -0.15) is 0 Å². The first-order valence-electron chi connectivity index (χ1n) is 6.02. The van der Waals surface area contributed by atoms with E-state index in [2.05, 4.69) is 24.9 Å². The van der Waals surface area contributed by atoms with Crippen LogP contribution in [-0.4, -0.2) is 4.98 Å². The molecule has 1 aromatic carbocycles. The van der Waals surface area contributed by atoms with Gasteiger partial charge in [-0.25, -0.2) is 9.37 Å². The number of ether oxygens (including phenoxy) is 1. The quantitative estimate of drug-likeness (QED) is 0.805. The molecule has 0 fully saturated rings. The lowest BCUT2D eigenvalue weighted by atomic mass is 10.0. The Bertz CT molecular complexity index is 508. The Morgan fingerprint density at radius 1 is 1.22 bits per heavy atom. The van der Waals surface area contributed by atoms with Crippen LogP contribution in [0.3, 0.4) is 0 Å². The topological polar surface area (TPSA) is 22.1 Å². The summed E-state index contributed by atoms with van der Waals surface area (Å²) in [6, 6.07) is 10.7. The Morgan fingerprint density at radius 2 is 2.06 bits per heavy atom. The van der Waals surface area contributed by atoms with Gasteiger partial charge in [0.05, 0.1) is 6.20 Å². The second kappa shape index (κ2) is 5.63. The number of benzene rings is 1. The molecule has 0 aliphatic rings. The monoisotopic (exact) mass is 245 g/mol. The minimum absolute atomic E-state index is 0.365. The van der Waals surface area contributed by atoms with E-state index < -0.39 is 0 Å². The predicted molar refractivity (Wildman–Crippen MR) is 69.3 cm³/mol. The summed E-state index contributed by atoms with van der Waals surface area (Å²) in [5.41, 5.74) is 1.23. The summed E-state index contributed by atoms with van der Waals surface area (Å²) in [4.78, 5) is 3.87. The fourth-order valence-corrected chi connectivity index (χ4v) is 1.75. The van der Waals surface area contributed by atoms with Crippen LogP contribution < -0.4 is 4.74 Å². The van der Waals surface area contributed by atoms with Gasteiger partial charge in [-0.05, 0) is 36.1 Å². The van der Waals surface area contributed by atoms with E-state index in [1.54, 1.807) is 0 Å². The molecule has 94 valence electrons. The molecule has 0 saturated heterocycles. The van der Waals surface area contributed by atoms with Gasteiger partial charge in [-0.15, -0.1) is 0 Å². The molecule has 0 bridgehead atoms. The largest absolute Gasteiger partial charge is 0.439 e. The molecule has 18 heavy (non-hydrogen) atoms. The van der Waals surface area contributed by atoms with Gasteiger partial charge >= 0.3 is 0 Å². The van der Waals surface area contributed by atoms with E-state index in [0.29, 0.717) is 11.8 Å². The maximum atomic E-state index is 12.7. The summed E-state index contributed by atoms with van der Waals surface area (Å²) in [5.74, 6) is 1.37. The van der Waals surface area contributed by atoms with Crippen LogP contribution in [0.5, 0.6) is 11.6 Å². The van der Waals surface area contributed by atoms with Crippen molar-refractivity contribution in [1.82, 2.24) is 4.98 Å². The maximum absolute atomic E-state index is 12.7. The van der Waals surface area contributed by atoms with Gasteiger partial charge in [0.2, 0.25) is 5.88 Å². The molecule has 0 amide bonds. The molecule has 3 heteroatoms.